The van der Waals surface area contributed by atoms with Crippen LogP contribution in [0.3, 0.4) is 0 Å². The number of benzene rings is 3. The molecule has 33 heavy (non-hydrogen) atoms. The van der Waals surface area contributed by atoms with Gasteiger partial charge in [0.05, 0.1) is 11.8 Å². The highest BCUT2D eigenvalue weighted by molar-refractivity contribution is 6.05. The number of hydrogen-bond acceptors (Lipinski definition) is 3. The summed E-state index contributed by atoms with van der Waals surface area (Å²) < 4.78 is 6.62. The molecule has 1 saturated carbocycles. The van der Waals surface area contributed by atoms with Gasteiger partial charge in [0, 0.05) is 12.5 Å². The molecule has 4 heteroatoms. The lowest BCUT2D eigenvalue weighted by Gasteiger charge is -2.25. The Bertz CT molecular complexity index is 1100. The number of hydrogen-bond donors (Lipinski definition) is 0. The summed E-state index contributed by atoms with van der Waals surface area (Å²) in [7, 11) is 0. The largest absolute Gasteiger partial charge is 0.355 e. The van der Waals surface area contributed by atoms with Gasteiger partial charge in [0.15, 0.2) is 0 Å². The summed E-state index contributed by atoms with van der Waals surface area (Å²) in [6.45, 7) is 0.362. The van der Waals surface area contributed by atoms with E-state index >= 15 is 0 Å². The highest BCUT2D eigenvalue weighted by Gasteiger charge is 2.63. The Labute approximate surface area is 194 Å². The van der Waals surface area contributed by atoms with Crippen LogP contribution in [0.15, 0.2) is 91.0 Å². The van der Waals surface area contributed by atoms with Crippen LogP contribution < -0.4 is 0 Å². The molecule has 2 saturated heterocycles. The van der Waals surface area contributed by atoms with Gasteiger partial charge in [-0.1, -0.05) is 97.4 Å². The number of likely N-dealkylation sites (tertiary alicyclic amines) is 1. The van der Waals surface area contributed by atoms with Gasteiger partial charge in [0.25, 0.3) is 0 Å². The molecule has 3 aliphatic rings. The van der Waals surface area contributed by atoms with Crippen molar-refractivity contribution in [3.63, 3.8) is 0 Å². The highest BCUT2D eigenvalue weighted by atomic mass is 16.6. The lowest BCUT2D eigenvalue weighted by molar-refractivity contribution is -0.140. The molecular weight excluding hydrogens is 410 g/mol. The molecule has 2 amide bonds. The monoisotopic (exact) mass is 437 g/mol. The highest BCUT2D eigenvalue weighted by Crippen LogP contribution is 2.57. The van der Waals surface area contributed by atoms with E-state index in [1.54, 1.807) is 0 Å². The Kier molecular flexibility index (Phi) is 4.92. The van der Waals surface area contributed by atoms with E-state index in [0.717, 1.165) is 36.0 Å². The zero-order valence-corrected chi connectivity index (χ0v) is 18.5. The van der Waals surface area contributed by atoms with Crippen molar-refractivity contribution in [3.05, 3.63) is 108 Å². The molecule has 0 N–H and O–H groups in total. The van der Waals surface area contributed by atoms with E-state index in [2.05, 4.69) is 36.4 Å². The van der Waals surface area contributed by atoms with Crippen LogP contribution >= 0.6 is 0 Å². The number of epoxide rings is 1. The first kappa shape index (κ1) is 20.4. The van der Waals surface area contributed by atoms with Crippen molar-refractivity contribution in [1.29, 1.82) is 0 Å². The lowest BCUT2D eigenvalue weighted by atomic mass is 9.81. The van der Waals surface area contributed by atoms with Crippen molar-refractivity contribution in [1.82, 2.24) is 4.90 Å². The predicted octanol–water partition coefficient (Wildman–Crippen LogP) is 4.90. The molecule has 0 bridgehead atoms. The Balaban J connectivity index is 1.40. The first-order valence-electron chi connectivity index (χ1n) is 11.9. The van der Waals surface area contributed by atoms with Gasteiger partial charge < -0.3 is 4.74 Å². The van der Waals surface area contributed by atoms with E-state index < -0.39 is 5.60 Å². The number of carbonyl (C=O) groups excluding carboxylic acids is 2. The molecule has 4 atom stereocenters. The summed E-state index contributed by atoms with van der Waals surface area (Å²) >= 11 is 0. The van der Waals surface area contributed by atoms with Crippen molar-refractivity contribution in [3.8, 4) is 0 Å². The van der Waals surface area contributed by atoms with Gasteiger partial charge in [-0.3, -0.25) is 14.5 Å². The minimum Gasteiger partial charge on any atom is -0.355 e. The van der Waals surface area contributed by atoms with E-state index in [1.807, 2.05) is 54.6 Å². The number of nitrogens with zero attached hydrogens (tertiary/aromatic N) is 1. The molecule has 2 aliphatic heterocycles. The molecule has 0 aromatic heterocycles. The lowest BCUT2D eigenvalue weighted by Crippen LogP contribution is -2.38. The van der Waals surface area contributed by atoms with E-state index in [0.29, 0.717) is 6.54 Å². The molecule has 0 radical (unpaired) electrons. The fourth-order valence-electron chi connectivity index (χ4n) is 6.05. The molecule has 4 nitrogen and oxygen atoms in total. The normalized spacial score (nSPS) is 26.3. The van der Waals surface area contributed by atoms with E-state index in [4.69, 9.17) is 4.74 Å². The van der Waals surface area contributed by atoms with E-state index in [9.17, 15) is 9.59 Å². The summed E-state index contributed by atoms with van der Waals surface area (Å²) in [5, 5.41) is 0. The number of fused-ring (bicyclic) bond motifs is 1. The van der Waals surface area contributed by atoms with Gasteiger partial charge in [-0.25, -0.2) is 0 Å². The summed E-state index contributed by atoms with van der Waals surface area (Å²) in [5.74, 6) is -0.342. The third-order valence-electron chi connectivity index (χ3n) is 7.72. The van der Waals surface area contributed by atoms with Crippen LogP contribution in [0.4, 0.5) is 0 Å². The molecule has 3 aromatic rings. The molecule has 2 heterocycles. The molecule has 1 aliphatic carbocycles. The van der Waals surface area contributed by atoms with Crippen LogP contribution in [0, 0.1) is 11.8 Å². The zero-order chi connectivity index (χ0) is 22.4. The van der Waals surface area contributed by atoms with Crippen LogP contribution in [-0.4, -0.2) is 29.4 Å². The second-order valence-electron chi connectivity index (χ2n) is 9.45. The van der Waals surface area contributed by atoms with Crippen molar-refractivity contribution in [2.45, 2.75) is 36.9 Å². The van der Waals surface area contributed by atoms with Crippen molar-refractivity contribution < 1.29 is 14.3 Å². The Morgan fingerprint density at radius 3 is 1.76 bits per heavy atom. The maximum absolute atomic E-state index is 13.2. The zero-order valence-electron chi connectivity index (χ0n) is 18.5. The maximum Gasteiger partial charge on any atom is 0.233 e. The number of carbonyl (C=O) groups is 2. The first-order valence-corrected chi connectivity index (χ1v) is 11.9. The second kappa shape index (κ2) is 7.96. The van der Waals surface area contributed by atoms with E-state index in [-0.39, 0.29) is 35.7 Å². The molecule has 166 valence electrons. The third-order valence-corrected chi connectivity index (χ3v) is 7.72. The van der Waals surface area contributed by atoms with Crippen LogP contribution in [-0.2, 0) is 19.9 Å². The summed E-state index contributed by atoms with van der Waals surface area (Å²) in [4.78, 5) is 27.9. The van der Waals surface area contributed by atoms with E-state index in [1.165, 1.54) is 4.90 Å². The number of amides is 2. The second-order valence-corrected chi connectivity index (χ2v) is 9.45. The van der Waals surface area contributed by atoms with Gasteiger partial charge in [-0.15, -0.1) is 0 Å². The Morgan fingerprint density at radius 2 is 1.24 bits per heavy atom. The minimum atomic E-state index is -0.593. The molecule has 6 rings (SSSR count). The average Bonchev–Trinajstić information content (AvgIpc) is 3.34. The quantitative estimate of drug-likeness (QED) is 0.407. The topological polar surface area (TPSA) is 49.9 Å². The van der Waals surface area contributed by atoms with Crippen LogP contribution in [0.2, 0.25) is 0 Å². The SMILES string of the molecule is O=C1C2CCCC2C(=O)N1CC(c1ccccc1)C1OC1(c1ccccc1)c1ccccc1. The number of rotatable bonds is 6. The summed E-state index contributed by atoms with van der Waals surface area (Å²) in [5.41, 5.74) is 2.69. The fourth-order valence-corrected chi connectivity index (χ4v) is 6.05. The molecular formula is C29H27NO3. The van der Waals surface area contributed by atoms with Crippen LogP contribution in [0.25, 0.3) is 0 Å². The maximum atomic E-state index is 13.2. The van der Waals surface area contributed by atoms with Crippen molar-refractivity contribution >= 4 is 11.8 Å². The van der Waals surface area contributed by atoms with Crippen molar-refractivity contribution in [2.75, 3.05) is 6.54 Å². The predicted molar refractivity (Wildman–Crippen MR) is 125 cm³/mol. The standard InChI is InChI=1S/C29H27NO3/c31-27-23-17-10-18-24(23)28(32)30(27)19-25(20-11-4-1-5-12-20)26-29(33-26,21-13-6-2-7-14-21)22-15-8-3-9-16-22/h1-9,11-16,23-26H,10,17-19H2. The fraction of sp³-hybridized carbons (Fsp3) is 0.310. The van der Waals surface area contributed by atoms with Gasteiger partial charge in [0.1, 0.15) is 11.7 Å². The molecule has 3 aromatic carbocycles. The summed E-state index contributed by atoms with van der Waals surface area (Å²) in [6, 6.07) is 30.7. The van der Waals surface area contributed by atoms with Crippen LogP contribution in [0.1, 0.15) is 41.9 Å². The Hall–Kier alpha value is -3.24. The van der Waals surface area contributed by atoms with Gasteiger partial charge in [-0.05, 0) is 29.5 Å². The van der Waals surface area contributed by atoms with Gasteiger partial charge in [0.2, 0.25) is 11.8 Å². The Morgan fingerprint density at radius 1 is 0.758 bits per heavy atom. The van der Waals surface area contributed by atoms with Gasteiger partial charge in [-0.2, -0.15) is 0 Å². The number of ether oxygens (including phenoxy) is 1. The molecule has 3 fully saturated rings. The smallest absolute Gasteiger partial charge is 0.233 e. The summed E-state index contributed by atoms with van der Waals surface area (Å²) in [6.07, 6.45) is 2.46. The minimum absolute atomic E-state index is 0.00843. The average molecular weight is 438 g/mol. The third kappa shape index (κ3) is 3.24. The van der Waals surface area contributed by atoms with Crippen LogP contribution in [0.5, 0.6) is 0 Å². The molecule has 0 spiro atoms. The van der Waals surface area contributed by atoms with Gasteiger partial charge >= 0.3 is 0 Å². The van der Waals surface area contributed by atoms with Crippen molar-refractivity contribution in [2.24, 2.45) is 11.8 Å². The number of imide groups is 1. The molecule has 4 unspecified atom stereocenters. The first-order chi connectivity index (χ1) is 16.2.